The minimum atomic E-state index is 0.346. The number of rotatable bonds is 2. The Labute approximate surface area is 93.7 Å². The number of benzene rings is 1. The second-order valence-corrected chi connectivity index (χ2v) is 4.73. The van der Waals surface area contributed by atoms with Gasteiger partial charge in [0.15, 0.2) is 0 Å². The van der Waals surface area contributed by atoms with Crippen molar-refractivity contribution in [2.75, 3.05) is 0 Å². The van der Waals surface area contributed by atoms with E-state index in [1.165, 1.54) is 16.4 Å². The van der Waals surface area contributed by atoms with Crippen molar-refractivity contribution in [3.05, 3.63) is 58.9 Å². The zero-order valence-electron chi connectivity index (χ0n) is 9.12. The largest absolute Gasteiger partial charge is 0.382 e. The van der Waals surface area contributed by atoms with Gasteiger partial charge in [-0.15, -0.1) is 0 Å². The van der Waals surface area contributed by atoms with Gasteiger partial charge in [0.2, 0.25) is 0 Å². The fourth-order valence-electron chi connectivity index (χ4n) is 1.80. The third-order valence-electron chi connectivity index (χ3n) is 2.67. The Morgan fingerprint density at radius 3 is 2.80 bits per heavy atom. The molecule has 0 amide bonds. The van der Waals surface area contributed by atoms with E-state index < -0.39 is 0 Å². The Morgan fingerprint density at radius 2 is 2.07 bits per heavy atom. The van der Waals surface area contributed by atoms with Crippen LogP contribution in [0.25, 0.3) is 0 Å². The summed E-state index contributed by atoms with van der Waals surface area (Å²) in [5, 5.41) is 4.89. The van der Waals surface area contributed by atoms with E-state index >= 15 is 0 Å². The highest BCUT2D eigenvalue weighted by atomic mass is 28.2. The summed E-state index contributed by atoms with van der Waals surface area (Å²) in [6.45, 7) is 4.37. The van der Waals surface area contributed by atoms with E-state index in [9.17, 15) is 0 Å². The van der Waals surface area contributed by atoms with Crippen LogP contribution in [0.5, 0.6) is 0 Å². The van der Waals surface area contributed by atoms with Gasteiger partial charge in [-0.1, -0.05) is 43.0 Å². The number of hydrogen-bond donors (Lipinski definition) is 1. The highest BCUT2D eigenvalue weighted by molar-refractivity contribution is 6.43. The van der Waals surface area contributed by atoms with Crippen molar-refractivity contribution in [3.8, 4) is 0 Å². The molecule has 1 aliphatic rings. The van der Waals surface area contributed by atoms with Crippen LogP contribution >= 0.6 is 0 Å². The van der Waals surface area contributed by atoms with Crippen molar-refractivity contribution < 1.29 is 0 Å². The van der Waals surface area contributed by atoms with Gasteiger partial charge >= 0.3 is 0 Å². The van der Waals surface area contributed by atoms with Crippen molar-refractivity contribution >= 4 is 9.52 Å². The van der Waals surface area contributed by atoms with Crippen LogP contribution < -0.4 is 5.32 Å². The summed E-state index contributed by atoms with van der Waals surface area (Å²) < 4.78 is 0. The Bertz CT molecular complexity index is 407. The topological polar surface area (TPSA) is 12.0 Å². The minimum Gasteiger partial charge on any atom is -0.382 e. The molecule has 0 aromatic heterocycles. The Morgan fingerprint density at radius 1 is 1.27 bits per heavy atom. The molecule has 15 heavy (non-hydrogen) atoms. The van der Waals surface area contributed by atoms with Gasteiger partial charge in [0.1, 0.15) is 9.52 Å². The monoisotopic (exact) mass is 213 g/mol. The first-order chi connectivity index (χ1) is 7.31. The van der Waals surface area contributed by atoms with E-state index in [-0.39, 0.29) is 0 Å². The standard InChI is InChI=1S/C13H15NSi/c1-10-6-3-4-7-11(10)12-8-5-9-13(14-12)15-2/h3-9,12,14H,1-2H3. The molecular weight excluding hydrogens is 198 g/mol. The molecule has 0 fully saturated rings. The van der Waals surface area contributed by atoms with Gasteiger partial charge in [0.05, 0.1) is 6.04 Å². The van der Waals surface area contributed by atoms with Crippen molar-refractivity contribution in [1.29, 1.82) is 0 Å². The fraction of sp³-hybridized carbons (Fsp3) is 0.231. The summed E-state index contributed by atoms with van der Waals surface area (Å²) in [6, 6.07) is 8.89. The predicted molar refractivity (Wildman–Crippen MR) is 65.9 cm³/mol. The van der Waals surface area contributed by atoms with E-state index in [1.54, 1.807) is 0 Å². The second-order valence-electron chi connectivity index (χ2n) is 3.69. The van der Waals surface area contributed by atoms with Crippen LogP contribution in [0.4, 0.5) is 0 Å². The molecule has 2 rings (SSSR count). The smallest absolute Gasteiger partial charge is 0.100 e. The molecule has 0 saturated heterocycles. The van der Waals surface area contributed by atoms with Gasteiger partial charge in [0.25, 0.3) is 0 Å². The maximum atomic E-state index is 3.55. The van der Waals surface area contributed by atoms with E-state index in [4.69, 9.17) is 0 Å². The highest BCUT2D eigenvalue weighted by Crippen LogP contribution is 2.21. The predicted octanol–water partition coefficient (Wildman–Crippen LogP) is 2.79. The Balaban J connectivity index is 2.24. The number of dihydropyridines is 1. The molecule has 1 nitrogen and oxygen atoms in total. The summed E-state index contributed by atoms with van der Waals surface area (Å²) in [5.74, 6) is 0. The second kappa shape index (κ2) is 4.49. The van der Waals surface area contributed by atoms with Crippen molar-refractivity contribution in [2.24, 2.45) is 0 Å². The summed E-state index contributed by atoms with van der Waals surface area (Å²) in [5.41, 5.74) is 2.72. The molecule has 1 aromatic carbocycles. The first-order valence-electron chi connectivity index (χ1n) is 5.19. The van der Waals surface area contributed by atoms with Gasteiger partial charge in [-0.25, -0.2) is 0 Å². The van der Waals surface area contributed by atoms with Crippen molar-refractivity contribution in [1.82, 2.24) is 5.32 Å². The van der Waals surface area contributed by atoms with Crippen LogP contribution in [0.2, 0.25) is 6.55 Å². The number of hydrogen-bond acceptors (Lipinski definition) is 1. The van der Waals surface area contributed by atoms with Crippen LogP contribution in [-0.2, 0) is 0 Å². The lowest BCUT2D eigenvalue weighted by molar-refractivity contribution is 0.727. The molecule has 1 N–H and O–H groups in total. The number of aryl methyl sites for hydroxylation is 1. The first-order valence-corrected chi connectivity index (χ1v) is 6.69. The summed E-state index contributed by atoms with van der Waals surface area (Å²) in [7, 11) is 0.833. The van der Waals surface area contributed by atoms with Crippen molar-refractivity contribution in [2.45, 2.75) is 19.5 Å². The highest BCUT2D eigenvalue weighted by Gasteiger charge is 2.12. The lowest BCUT2D eigenvalue weighted by atomic mass is 10.00. The van der Waals surface area contributed by atoms with E-state index in [1.807, 2.05) is 0 Å². The molecule has 2 radical (unpaired) electrons. The van der Waals surface area contributed by atoms with Crippen LogP contribution in [0.15, 0.2) is 47.8 Å². The molecule has 0 spiro atoms. The van der Waals surface area contributed by atoms with Gasteiger partial charge in [0, 0.05) is 0 Å². The van der Waals surface area contributed by atoms with Gasteiger partial charge in [-0.05, 0) is 29.4 Å². The Hall–Kier alpha value is -1.28. The third kappa shape index (κ3) is 2.21. The van der Waals surface area contributed by atoms with E-state index in [0.29, 0.717) is 6.04 Å². The summed E-state index contributed by atoms with van der Waals surface area (Å²) >= 11 is 0. The molecule has 0 bridgehead atoms. The maximum absolute atomic E-state index is 3.55. The minimum absolute atomic E-state index is 0.346. The van der Waals surface area contributed by atoms with Crippen LogP contribution in [0.1, 0.15) is 17.2 Å². The zero-order valence-corrected chi connectivity index (χ0v) is 10.1. The number of nitrogens with one attached hydrogen (secondary N) is 1. The SMILES string of the molecule is C[Si]C1=CC=CC(c2ccccc2C)N1. The van der Waals surface area contributed by atoms with E-state index in [0.717, 1.165) is 9.52 Å². The zero-order chi connectivity index (χ0) is 10.7. The van der Waals surface area contributed by atoms with Crippen LogP contribution in [0.3, 0.4) is 0 Å². The molecule has 0 saturated carbocycles. The quantitative estimate of drug-likeness (QED) is 0.745. The molecule has 1 heterocycles. The molecule has 76 valence electrons. The number of allylic oxidation sites excluding steroid dienone is 2. The Kier molecular flexibility index (Phi) is 3.07. The fourth-order valence-corrected chi connectivity index (χ4v) is 2.36. The molecule has 0 aliphatic carbocycles. The molecular formula is C13H15NSi. The van der Waals surface area contributed by atoms with Gasteiger partial charge in [-0.2, -0.15) is 0 Å². The normalized spacial score (nSPS) is 19.6. The third-order valence-corrected chi connectivity index (χ3v) is 3.52. The van der Waals surface area contributed by atoms with Gasteiger partial charge < -0.3 is 5.32 Å². The molecule has 1 unspecified atom stereocenters. The maximum Gasteiger partial charge on any atom is 0.100 e. The molecule has 1 atom stereocenters. The molecule has 1 aliphatic heterocycles. The average Bonchev–Trinajstić information content (AvgIpc) is 2.30. The van der Waals surface area contributed by atoms with Gasteiger partial charge in [-0.3, -0.25) is 0 Å². The summed E-state index contributed by atoms with van der Waals surface area (Å²) in [6.07, 6.45) is 6.53. The average molecular weight is 213 g/mol. The van der Waals surface area contributed by atoms with E-state index in [2.05, 4.69) is 61.3 Å². The first kappa shape index (κ1) is 10.2. The lowest BCUT2D eigenvalue weighted by Crippen LogP contribution is -2.24. The van der Waals surface area contributed by atoms with Crippen LogP contribution in [-0.4, -0.2) is 9.52 Å². The molecule has 2 heteroatoms. The molecule has 1 aromatic rings. The van der Waals surface area contributed by atoms with Crippen molar-refractivity contribution in [3.63, 3.8) is 0 Å². The van der Waals surface area contributed by atoms with Crippen LogP contribution in [0, 0.1) is 6.92 Å². The lowest BCUT2D eigenvalue weighted by Gasteiger charge is -2.22. The summed E-state index contributed by atoms with van der Waals surface area (Å²) in [4.78, 5) is 0.